The van der Waals surface area contributed by atoms with Crippen LogP contribution in [0, 0.1) is 0 Å². The molecule has 0 bridgehead atoms. The van der Waals surface area contributed by atoms with Crippen molar-refractivity contribution in [3.63, 3.8) is 0 Å². The summed E-state index contributed by atoms with van der Waals surface area (Å²) in [6.45, 7) is 4.17. The van der Waals surface area contributed by atoms with Crippen LogP contribution in [0.1, 0.15) is 0 Å². The minimum atomic E-state index is -0.218. The fourth-order valence-electron chi connectivity index (χ4n) is 1.42. The topological polar surface area (TPSA) is 83.8 Å². The molecule has 0 saturated heterocycles. The maximum Gasteiger partial charge on any atom is 0.260 e. The van der Waals surface area contributed by atoms with Crippen LogP contribution in [-0.4, -0.2) is 16.5 Å². The minimum absolute atomic E-state index is 0.218. The Kier molecular flexibility index (Phi) is 3.14. The number of fused-ring (bicyclic) bond motifs is 1. The van der Waals surface area contributed by atoms with E-state index in [0.29, 0.717) is 29.1 Å². The average Bonchev–Trinajstić information content (AvgIpc) is 2.27. The van der Waals surface area contributed by atoms with Gasteiger partial charge in [0.2, 0.25) is 5.95 Å². The van der Waals surface area contributed by atoms with Crippen molar-refractivity contribution in [2.75, 3.05) is 17.6 Å². The number of anilines is 2. The zero-order valence-corrected chi connectivity index (χ0v) is 10.5. The number of aromatic amines is 1. The van der Waals surface area contributed by atoms with E-state index in [-0.39, 0.29) is 5.56 Å². The maximum atomic E-state index is 11.8. The van der Waals surface area contributed by atoms with E-state index in [2.05, 4.69) is 37.8 Å². The molecule has 0 aliphatic carbocycles. The molecule has 0 spiro atoms. The van der Waals surface area contributed by atoms with Crippen LogP contribution < -0.4 is 16.6 Å². The summed E-state index contributed by atoms with van der Waals surface area (Å²) in [4.78, 5) is 18.7. The highest BCUT2D eigenvalue weighted by atomic mass is 79.9. The van der Waals surface area contributed by atoms with Gasteiger partial charge >= 0.3 is 0 Å². The van der Waals surface area contributed by atoms with Gasteiger partial charge in [-0.05, 0) is 18.2 Å². The van der Waals surface area contributed by atoms with Crippen LogP contribution >= 0.6 is 15.9 Å². The molecule has 0 aliphatic heterocycles. The minimum Gasteiger partial charge on any atom is -0.399 e. The van der Waals surface area contributed by atoms with Gasteiger partial charge in [-0.1, -0.05) is 22.5 Å². The number of benzene rings is 1. The number of nitrogen functional groups attached to an aromatic ring is 1. The Morgan fingerprint density at radius 1 is 1.59 bits per heavy atom. The van der Waals surface area contributed by atoms with Gasteiger partial charge in [0.05, 0.1) is 10.9 Å². The molecule has 1 aromatic carbocycles. The summed E-state index contributed by atoms with van der Waals surface area (Å²) in [6.07, 6.45) is 0. The van der Waals surface area contributed by atoms with Gasteiger partial charge < -0.3 is 11.1 Å². The molecule has 0 amide bonds. The summed E-state index contributed by atoms with van der Waals surface area (Å²) in [5, 5.41) is 3.43. The number of halogens is 1. The predicted octanol–water partition coefficient (Wildman–Crippen LogP) is 1.83. The van der Waals surface area contributed by atoms with Gasteiger partial charge in [0, 0.05) is 16.7 Å². The molecule has 1 aromatic heterocycles. The Hall–Kier alpha value is -1.82. The molecule has 2 aromatic rings. The number of hydrogen-bond donors (Lipinski definition) is 3. The monoisotopic (exact) mass is 294 g/mol. The Morgan fingerprint density at radius 2 is 2.35 bits per heavy atom. The summed E-state index contributed by atoms with van der Waals surface area (Å²) in [6, 6.07) is 5.03. The molecule has 0 saturated carbocycles. The van der Waals surface area contributed by atoms with Crippen molar-refractivity contribution in [1.82, 2.24) is 9.97 Å². The van der Waals surface area contributed by atoms with E-state index < -0.39 is 0 Å². The SMILES string of the molecule is C=C(Br)CNc1nc2ccc(N)cc2c(=O)[nH]1. The molecule has 88 valence electrons. The lowest BCUT2D eigenvalue weighted by molar-refractivity contribution is 1.12. The van der Waals surface area contributed by atoms with Crippen LogP contribution in [0.25, 0.3) is 10.9 Å². The highest BCUT2D eigenvalue weighted by molar-refractivity contribution is 9.11. The van der Waals surface area contributed by atoms with Gasteiger partial charge in [-0.2, -0.15) is 0 Å². The first-order valence-corrected chi connectivity index (χ1v) is 5.72. The summed E-state index contributed by atoms with van der Waals surface area (Å²) in [5.41, 5.74) is 6.54. The zero-order chi connectivity index (χ0) is 12.4. The first-order valence-electron chi connectivity index (χ1n) is 4.93. The number of H-pyrrole nitrogens is 1. The molecule has 1 heterocycles. The normalized spacial score (nSPS) is 10.4. The zero-order valence-electron chi connectivity index (χ0n) is 8.96. The molecular weight excluding hydrogens is 284 g/mol. The van der Waals surface area contributed by atoms with Gasteiger partial charge in [0.25, 0.3) is 5.56 Å². The van der Waals surface area contributed by atoms with E-state index in [1.807, 2.05) is 0 Å². The smallest absolute Gasteiger partial charge is 0.260 e. The third-order valence-corrected chi connectivity index (χ3v) is 2.46. The average molecular weight is 295 g/mol. The van der Waals surface area contributed by atoms with Gasteiger partial charge in [-0.3, -0.25) is 9.78 Å². The van der Waals surface area contributed by atoms with Gasteiger partial charge in [0.15, 0.2) is 0 Å². The number of nitrogens with two attached hydrogens (primary N) is 1. The lowest BCUT2D eigenvalue weighted by Gasteiger charge is -2.05. The summed E-state index contributed by atoms with van der Waals surface area (Å²) < 4.78 is 0.776. The molecule has 4 N–H and O–H groups in total. The van der Waals surface area contributed by atoms with Crippen molar-refractivity contribution in [2.45, 2.75) is 0 Å². The van der Waals surface area contributed by atoms with Gasteiger partial charge in [-0.15, -0.1) is 0 Å². The van der Waals surface area contributed by atoms with Crippen LogP contribution in [0.4, 0.5) is 11.6 Å². The second-order valence-electron chi connectivity index (χ2n) is 3.56. The molecule has 0 fully saturated rings. The van der Waals surface area contributed by atoms with E-state index in [1.54, 1.807) is 18.2 Å². The standard InChI is InChI=1S/C11H11BrN4O/c1-6(12)5-14-11-15-9-3-2-7(13)4-8(9)10(17)16-11/h2-4H,1,5,13H2,(H2,14,15,16,17). The number of aromatic nitrogens is 2. The Bertz CT molecular complexity index is 635. The van der Waals surface area contributed by atoms with Crippen molar-refractivity contribution in [3.8, 4) is 0 Å². The molecule has 0 aliphatic rings. The largest absolute Gasteiger partial charge is 0.399 e. The molecule has 6 heteroatoms. The van der Waals surface area contributed by atoms with Crippen molar-refractivity contribution in [3.05, 3.63) is 39.6 Å². The Balaban J connectivity index is 2.45. The second-order valence-corrected chi connectivity index (χ2v) is 4.68. The van der Waals surface area contributed by atoms with Crippen LogP contribution in [0.15, 0.2) is 34.1 Å². The lowest BCUT2D eigenvalue weighted by Crippen LogP contribution is -2.14. The number of nitrogens with zero attached hydrogens (tertiary/aromatic N) is 1. The van der Waals surface area contributed by atoms with Crippen LogP contribution in [-0.2, 0) is 0 Å². The van der Waals surface area contributed by atoms with Gasteiger partial charge in [-0.25, -0.2) is 4.98 Å². The molecular formula is C11H11BrN4O. The summed E-state index contributed by atoms with van der Waals surface area (Å²) in [7, 11) is 0. The number of rotatable bonds is 3. The molecule has 5 nitrogen and oxygen atoms in total. The fourth-order valence-corrected chi connectivity index (χ4v) is 1.56. The van der Waals surface area contributed by atoms with Crippen molar-refractivity contribution < 1.29 is 0 Å². The first-order chi connectivity index (χ1) is 8.06. The molecule has 0 radical (unpaired) electrons. The molecule has 2 rings (SSSR count). The lowest BCUT2D eigenvalue weighted by atomic mass is 10.2. The number of hydrogen-bond acceptors (Lipinski definition) is 4. The van der Waals surface area contributed by atoms with E-state index in [1.165, 1.54) is 0 Å². The van der Waals surface area contributed by atoms with E-state index in [0.717, 1.165) is 4.48 Å². The fraction of sp³-hybridized carbons (Fsp3) is 0.0909. The van der Waals surface area contributed by atoms with E-state index in [4.69, 9.17) is 5.73 Å². The Labute approximate surface area is 106 Å². The summed E-state index contributed by atoms with van der Waals surface area (Å²) in [5.74, 6) is 0.410. The summed E-state index contributed by atoms with van der Waals surface area (Å²) >= 11 is 3.22. The van der Waals surface area contributed by atoms with Gasteiger partial charge in [0.1, 0.15) is 0 Å². The third kappa shape index (κ3) is 2.65. The molecule has 17 heavy (non-hydrogen) atoms. The second kappa shape index (κ2) is 4.58. The van der Waals surface area contributed by atoms with Crippen LogP contribution in [0.2, 0.25) is 0 Å². The van der Waals surface area contributed by atoms with E-state index in [9.17, 15) is 4.79 Å². The van der Waals surface area contributed by atoms with Crippen LogP contribution in [0.5, 0.6) is 0 Å². The molecule has 0 unspecified atom stereocenters. The van der Waals surface area contributed by atoms with Crippen molar-refractivity contribution >= 4 is 38.5 Å². The number of nitrogens with one attached hydrogen (secondary N) is 2. The highest BCUT2D eigenvalue weighted by Gasteiger charge is 2.03. The van der Waals surface area contributed by atoms with Crippen LogP contribution in [0.3, 0.4) is 0 Å². The van der Waals surface area contributed by atoms with Crippen molar-refractivity contribution in [2.24, 2.45) is 0 Å². The highest BCUT2D eigenvalue weighted by Crippen LogP contribution is 2.13. The molecule has 0 atom stereocenters. The quantitative estimate of drug-likeness (QED) is 0.754. The Morgan fingerprint density at radius 3 is 3.06 bits per heavy atom. The van der Waals surface area contributed by atoms with E-state index >= 15 is 0 Å². The van der Waals surface area contributed by atoms with Crippen molar-refractivity contribution in [1.29, 1.82) is 0 Å². The third-order valence-electron chi connectivity index (χ3n) is 2.18. The predicted molar refractivity (Wildman–Crippen MR) is 73.3 cm³/mol. The first kappa shape index (κ1) is 11.7. The maximum absolute atomic E-state index is 11.8.